The van der Waals surface area contributed by atoms with E-state index in [4.69, 9.17) is 9.84 Å². The van der Waals surface area contributed by atoms with E-state index in [0.717, 1.165) is 16.9 Å². The number of ether oxygens (including phenoxy) is 1. The number of hydrogen-bond donors (Lipinski definition) is 1. The second-order valence-corrected chi connectivity index (χ2v) is 5.78. The van der Waals surface area contributed by atoms with Crippen molar-refractivity contribution in [2.45, 2.75) is 32.1 Å². The third kappa shape index (κ3) is 4.14. The average molecular weight is 283 g/mol. The molecule has 0 spiro atoms. The highest BCUT2D eigenvalue weighted by molar-refractivity contribution is 7.97. The van der Waals surface area contributed by atoms with Crippen LogP contribution in [-0.2, 0) is 4.79 Å². The Morgan fingerprint density at radius 2 is 2.00 bits per heavy atom. The van der Waals surface area contributed by atoms with Crippen LogP contribution in [0.15, 0.2) is 11.0 Å². The maximum absolute atomic E-state index is 10.6. The third-order valence-electron chi connectivity index (χ3n) is 3.09. The van der Waals surface area contributed by atoms with Crippen LogP contribution in [0.1, 0.15) is 23.1 Å². The molecule has 0 aliphatic carbocycles. The molecule has 1 aromatic rings. The lowest BCUT2D eigenvalue weighted by molar-refractivity contribution is -0.137. The lowest BCUT2D eigenvalue weighted by Gasteiger charge is -2.20. The van der Waals surface area contributed by atoms with Gasteiger partial charge in [0.15, 0.2) is 0 Å². The van der Waals surface area contributed by atoms with Crippen molar-refractivity contribution in [1.82, 2.24) is 4.31 Å². The van der Waals surface area contributed by atoms with Crippen LogP contribution in [0.4, 0.5) is 0 Å². The standard InChI is InChI=1S/C14H21NO3S/c1-9-8-12(18-5)10(2)11(3)14(9)19-15(4)7-6-13(16)17/h8H,6-7H2,1-5H3,(H,16,17). The van der Waals surface area contributed by atoms with Crippen LogP contribution in [0.25, 0.3) is 0 Å². The third-order valence-corrected chi connectivity index (χ3v) is 4.39. The van der Waals surface area contributed by atoms with Gasteiger partial charge in [0.2, 0.25) is 0 Å². The molecule has 0 bridgehead atoms. The SMILES string of the molecule is COc1cc(C)c(SN(C)CCC(=O)O)c(C)c1C. The highest BCUT2D eigenvalue weighted by Crippen LogP contribution is 2.35. The summed E-state index contributed by atoms with van der Waals surface area (Å²) in [6, 6.07) is 2.02. The van der Waals surface area contributed by atoms with E-state index in [2.05, 4.69) is 6.92 Å². The molecule has 4 nitrogen and oxygen atoms in total. The molecule has 1 aromatic carbocycles. The van der Waals surface area contributed by atoms with E-state index < -0.39 is 5.97 Å². The fourth-order valence-corrected chi connectivity index (χ4v) is 2.82. The van der Waals surface area contributed by atoms with Gasteiger partial charge in [-0.1, -0.05) is 0 Å². The Morgan fingerprint density at radius 1 is 1.37 bits per heavy atom. The largest absolute Gasteiger partial charge is 0.496 e. The van der Waals surface area contributed by atoms with Crippen LogP contribution in [0.3, 0.4) is 0 Å². The number of benzene rings is 1. The molecule has 1 rings (SSSR count). The van der Waals surface area contributed by atoms with Gasteiger partial charge in [0, 0.05) is 11.4 Å². The van der Waals surface area contributed by atoms with Crippen LogP contribution >= 0.6 is 11.9 Å². The summed E-state index contributed by atoms with van der Waals surface area (Å²) in [5.74, 6) is 0.124. The minimum Gasteiger partial charge on any atom is -0.496 e. The highest BCUT2D eigenvalue weighted by atomic mass is 32.2. The summed E-state index contributed by atoms with van der Waals surface area (Å²) in [4.78, 5) is 11.7. The molecule has 0 aliphatic heterocycles. The van der Waals surface area contributed by atoms with E-state index in [1.165, 1.54) is 10.5 Å². The number of rotatable bonds is 6. The molecule has 19 heavy (non-hydrogen) atoms. The van der Waals surface area contributed by atoms with Gasteiger partial charge in [-0.2, -0.15) is 0 Å². The fraction of sp³-hybridized carbons (Fsp3) is 0.500. The van der Waals surface area contributed by atoms with Gasteiger partial charge >= 0.3 is 5.97 Å². The first-order valence-electron chi connectivity index (χ1n) is 6.12. The summed E-state index contributed by atoms with van der Waals surface area (Å²) in [6.45, 7) is 6.67. The minimum atomic E-state index is -0.771. The summed E-state index contributed by atoms with van der Waals surface area (Å²) >= 11 is 1.59. The summed E-state index contributed by atoms with van der Waals surface area (Å²) in [5, 5.41) is 8.70. The monoisotopic (exact) mass is 283 g/mol. The Morgan fingerprint density at radius 3 is 2.53 bits per heavy atom. The van der Waals surface area contributed by atoms with Gasteiger partial charge in [0.25, 0.3) is 0 Å². The maximum Gasteiger partial charge on any atom is 0.304 e. The predicted molar refractivity (Wildman–Crippen MR) is 77.9 cm³/mol. The van der Waals surface area contributed by atoms with E-state index >= 15 is 0 Å². The molecule has 1 N–H and O–H groups in total. The van der Waals surface area contributed by atoms with Crippen LogP contribution in [0, 0.1) is 20.8 Å². The molecule has 0 amide bonds. The van der Waals surface area contributed by atoms with E-state index in [1.807, 2.05) is 31.3 Å². The van der Waals surface area contributed by atoms with Crippen LogP contribution in [0.2, 0.25) is 0 Å². The first-order valence-corrected chi connectivity index (χ1v) is 6.89. The molecule has 0 fully saturated rings. The number of nitrogens with zero attached hydrogens (tertiary/aromatic N) is 1. The Hall–Kier alpha value is -1.20. The fourth-order valence-electron chi connectivity index (χ4n) is 1.83. The molecule has 0 aromatic heterocycles. The van der Waals surface area contributed by atoms with Gasteiger partial charge < -0.3 is 9.84 Å². The second-order valence-electron chi connectivity index (χ2n) is 4.56. The van der Waals surface area contributed by atoms with E-state index in [0.29, 0.717) is 6.54 Å². The normalized spacial score (nSPS) is 10.8. The molecule has 0 unspecified atom stereocenters. The smallest absolute Gasteiger partial charge is 0.304 e. The summed E-state index contributed by atoms with van der Waals surface area (Å²) in [5.41, 5.74) is 3.46. The van der Waals surface area contributed by atoms with Crippen molar-refractivity contribution >= 4 is 17.9 Å². The van der Waals surface area contributed by atoms with Gasteiger partial charge in [-0.3, -0.25) is 4.79 Å². The van der Waals surface area contributed by atoms with Gasteiger partial charge in [-0.25, -0.2) is 4.31 Å². The molecule has 0 saturated heterocycles. The zero-order valence-electron chi connectivity index (χ0n) is 12.1. The number of carbonyl (C=O) groups is 1. The Kier molecular flexibility index (Phi) is 5.69. The summed E-state index contributed by atoms with van der Waals surface area (Å²) in [7, 11) is 3.58. The minimum absolute atomic E-state index is 0.150. The lowest BCUT2D eigenvalue weighted by atomic mass is 10.1. The van der Waals surface area contributed by atoms with E-state index in [9.17, 15) is 4.79 Å². The molecular weight excluding hydrogens is 262 g/mol. The molecular formula is C14H21NO3S. The average Bonchev–Trinajstić information content (AvgIpc) is 2.36. The number of methoxy groups -OCH3 is 1. The Bertz CT molecular complexity index is 474. The number of hydrogen-bond acceptors (Lipinski definition) is 4. The van der Waals surface area contributed by atoms with Crippen molar-refractivity contribution < 1.29 is 14.6 Å². The van der Waals surface area contributed by atoms with Crippen molar-refractivity contribution in [2.24, 2.45) is 0 Å². The lowest BCUT2D eigenvalue weighted by Crippen LogP contribution is -2.15. The second kappa shape index (κ2) is 6.82. The van der Waals surface area contributed by atoms with Crippen molar-refractivity contribution in [3.8, 4) is 5.75 Å². The number of carboxylic acid groups (broad SMARTS) is 1. The zero-order chi connectivity index (χ0) is 14.6. The molecule has 0 atom stereocenters. The molecule has 0 saturated carbocycles. The van der Waals surface area contributed by atoms with Crippen LogP contribution in [-0.4, -0.2) is 36.1 Å². The zero-order valence-corrected chi connectivity index (χ0v) is 12.9. The van der Waals surface area contributed by atoms with E-state index in [-0.39, 0.29) is 6.42 Å². The van der Waals surface area contributed by atoms with Gasteiger partial charge in [-0.05, 0) is 62.5 Å². The molecule has 0 heterocycles. The van der Waals surface area contributed by atoms with Crippen molar-refractivity contribution in [3.63, 3.8) is 0 Å². The highest BCUT2D eigenvalue weighted by Gasteiger charge is 2.13. The quantitative estimate of drug-likeness (QED) is 0.813. The maximum atomic E-state index is 10.6. The number of carboxylic acids is 1. The number of aliphatic carboxylic acids is 1. The Balaban J connectivity index is 2.89. The van der Waals surface area contributed by atoms with Crippen LogP contribution < -0.4 is 4.74 Å². The molecule has 0 radical (unpaired) electrons. The van der Waals surface area contributed by atoms with Crippen LogP contribution in [0.5, 0.6) is 5.75 Å². The molecule has 0 aliphatic rings. The molecule has 5 heteroatoms. The number of aryl methyl sites for hydroxylation is 1. The van der Waals surface area contributed by atoms with Crippen molar-refractivity contribution in [3.05, 3.63) is 22.8 Å². The van der Waals surface area contributed by atoms with Crippen molar-refractivity contribution in [1.29, 1.82) is 0 Å². The summed E-state index contributed by atoms with van der Waals surface area (Å²) < 4.78 is 7.30. The topological polar surface area (TPSA) is 49.8 Å². The van der Waals surface area contributed by atoms with Gasteiger partial charge in [0.05, 0.1) is 13.5 Å². The van der Waals surface area contributed by atoms with Gasteiger partial charge in [-0.15, -0.1) is 0 Å². The Labute approximate surface area is 118 Å². The first-order chi connectivity index (χ1) is 8.86. The van der Waals surface area contributed by atoms with Crippen molar-refractivity contribution in [2.75, 3.05) is 20.7 Å². The molecule has 106 valence electrons. The summed E-state index contributed by atoms with van der Waals surface area (Å²) in [6.07, 6.45) is 0.150. The van der Waals surface area contributed by atoms with Gasteiger partial charge in [0.1, 0.15) is 5.75 Å². The first kappa shape index (κ1) is 15.9. The predicted octanol–water partition coefficient (Wildman–Crippen LogP) is 3.03. The van der Waals surface area contributed by atoms with E-state index in [1.54, 1.807) is 19.1 Å².